The number of para-hydroxylation sites is 1. The molecule has 0 aliphatic carbocycles. The SMILES string of the molecule is CCCC1CCN(c2ccccc2C(CC)NCC)C1. The van der Waals surface area contributed by atoms with Gasteiger partial charge in [0.15, 0.2) is 0 Å². The van der Waals surface area contributed by atoms with Crippen LogP contribution in [0, 0.1) is 5.92 Å². The summed E-state index contributed by atoms with van der Waals surface area (Å²) in [6.45, 7) is 10.3. The Bertz CT molecular complexity index is 402. The number of hydrogen-bond acceptors (Lipinski definition) is 2. The molecule has 0 radical (unpaired) electrons. The van der Waals surface area contributed by atoms with E-state index in [1.807, 2.05) is 0 Å². The number of hydrogen-bond donors (Lipinski definition) is 1. The average molecular weight is 274 g/mol. The van der Waals surface area contributed by atoms with Crippen molar-refractivity contribution in [3.8, 4) is 0 Å². The first-order valence-electron chi connectivity index (χ1n) is 8.37. The van der Waals surface area contributed by atoms with Gasteiger partial charge in [-0.2, -0.15) is 0 Å². The van der Waals surface area contributed by atoms with E-state index < -0.39 is 0 Å². The molecule has 2 nitrogen and oxygen atoms in total. The average Bonchev–Trinajstić information content (AvgIpc) is 2.94. The van der Waals surface area contributed by atoms with Crippen molar-refractivity contribution in [2.45, 2.75) is 52.5 Å². The summed E-state index contributed by atoms with van der Waals surface area (Å²) in [5, 5.41) is 3.62. The highest BCUT2D eigenvalue weighted by molar-refractivity contribution is 5.55. The Labute approximate surface area is 124 Å². The normalized spacial score (nSPS) is 20.4. The van der Waals surface area contributed by atoms with Gasteiger partial charge >= 0.3 is 0 Å². The second-order valence-electron chi connectivity index (χ2n) is 5.97. The van der Waals surface area contributed by atoms with Crippen LogP contribution in [0.1, 0.15) is 58.1 Å². The van der Waals surface area contributed by atoms with Crippen molar-refractivity contribution in [3.05, 3.63) is 29.8 Å². The molecule has 2 rings (SSSR count). The minimum atomic E-state index is 0.487. The summed E-state index contributed by atoms with van der Waals surface area (Å²) in [4.78, 5) is 2.61. The fourth-order valence-corrected chi connectivity index (χ4v) is 3.49. The Morgan fingerprint density at radius 2 is 2.05 bits per heavy atom. The van der Waals surface area contributed by atoms with Crippen molar-refractivity contribution in [3.63, 3.8) is 0 Å². The third-order valence-electron chi connectivity index (χ3n) is 4.49. The molecule has 0 bridgehead atoms. The van der Waals surface area contributed by atoms with E-state index in [4.69, 9.17) is 0 Å². The van der Waals surface area contributed by atoms with Crippen LogP contribution < -0.4 is 10.2 Å². The predicted octanol–water partition coefficient (Wildman–Crippen LogP) is 4.37. The fourth-order valence-electron chi connectivity index (χ4n) is 3.49. The van der Waals surface area contributed by atoms with Crippen molar-refractivity contribution in [2.75, 3.05) is 24.5 Å². The molecule has 2 unspecified atom stereocenters. The van der Waals surface area contributed by atoms with E-state index in [1.165, 1.54) is 43.6 Å². The number of nitrogens with zero attached hydrogens (tertiary/aromatic N) is 1. The van der Waals surface area contributed by atoms with Crippen LogP contribution in [0.4, 0.5) is 5.69 Å². The van der Waals surface area contributed by atoms with Gasteiger partial charge in [-0.15, -0.1) is 0 Å². The van der Waals surface area contributed by atoms with E-state index in [1.54, 1.807) is 0 Å². The van der Waals surface area contributed by atoms with Gasteiger partial charge in [-0.05, 0) is 43.4 Å². The predicted molar refractivity (Wildman–Crippen MR) is 88.4 cm³/mol. The molecule has 20 heavy (non-hydrogen) atoms. The minimum absolute atomic E-state index is 0.487. The highest BCUT2D eigenvalue weighted by atomic mass is 15.2. The van der Waals surface area contributed by atoms with Gasteiger partial charge in [-0.3, -0.25) is 0 Å². The summed E-state index contributed by atoms with van der Waals surface area (Å²) in [6, 6.07) is 9.47. The van der Waals surface area contributed by atoms with Crippen LogP contribution in [0.3, 0.4) is 0 Å². The monoisotopic (exact) mass is 274 g/mol. The first-order chi connectivity index (χ1) is 9.80. The van der Waals surface area contributed by atoms with Gasteiger partial charge in [0.2, 0.25) is 0 Å². The zero-order chi connectivity index (χ0) is 14.4. The van der Waals surface area contributed by atoms with Crippen LogP contribution in [0.15, 0.2) is 24.3 Å². The lowest BCUT2D eigenvalue weighted by molar-refractivity contribution is 0.526. The van der Waals surface area contributed by atoms with Crippen LogP contribution in [0.2, 0.25) is 0 Å². The molecule has 0 aromatic heterocycles. The molecule has 1 saturated heterocycles. The van der Waals surface area contributed by atoms with Gasteiger partial charge in [-0.25, -0.2) is 0 Å². The Kier molecular flexibility index (Phi) is 5.90. The summed E-state index contributed by atoms with van der Waals surface area (Å²) in [5.74, 6) is 0.896. The quantitative estimate of drug-likeness (QED) is 0.794. The maximum atomic E-state index is 3.62. The Morgan fingerprint density at radius 3 is 2.75 bits per heavy atom. The van der Waals surface area contributed by atoms with Gasteiger partial charge in [0.1, 0.15) is 0 Å². The van der Waals surface area contributed by atoms with Crippen molar-refractivity contribution in [1.82, 2.24) is 5.32 Å². The zero-order valence-corrected chi connectivity index (χ0v) is 13.4. The van der Waals surface area contributed by atoms with Crippen LogP contribution in [-0.2, 0) is 0 Å². The summed E-state index contributed by atoms with van der Waals surface area (Å²) in [5.41, 5.74) is 2.94. The first-order valence-corrected chi connectivity index (χ1v) is 8.37. The third kappa shape index (κ3) is 3.54. The van der Waals surface area contributed by atoms with Crippen molar-refractivity contribution in [1.29, 1.82) is 0 Å². The summed E-state index contributed by atoms with van der Waals surface area (Å²) in [7, 11) is 0. The molecule has 112 valence electrons. The van der Waals surface area contributed by atoms with Gasteiger partial charge < -0.3 is 10.2 Å². The highest BCUT2D eigenvalue weighted by Gasteiger charge is 2.24. The molecule has 1 heterocycles. The van der Waals surface area contributed by atoms with E-state index in [-0.39, 0.29) is 0 Å². The number of nitrogens with one attached hydrogen (secondary N) is 1. The van der Waals surface area contributed by atoms with E-state index in [9.17, 15) is 0 Å². The molecule has 1 aromatic rings. The summed E-state index contributed by atoms with van der Waals surface area (Å²) < 4.78 is 0. The molecular weight excluding hydrogens is 244 g/mol. The molecule has 0 saturated carbocycles. The van der Waals surface area contributed by atoms with E-state index >= 15 is 0 Å². The van der Waals surface area contributed by atoms with Crippen molar-refractivity contribution < 1.29 is 0 Å². The minimum Gasteiger partial charge on any atom is -0.371 e. The van der Waals surface area contributed by atoms with Crippen molar-refractivity contribution in [2.24, 2.45) is 5.92 Å². The van der Waals surface area contributed by atoms with Crippen LogP contribution in [-0.4, -0.2) is 19.6 Å². The summed E-state index contributed by atoms with van der Waals surface area (Å²) >= 11 is 0. The standard InChI is InChI=1S/C18H30N2/c1-4-9-15-12-13-20(14-15)18-11-8-7-10-16(18)17(5-2)19-6-3/h7-8,10-11,15,17,19H,4-6,9,12-14H2,1-3H3. The van der Waals surface area contributed by atoms with Gasteiger partial charge in [0, 0.05) is 24.8 Å². The largest absolute Gasteiger partial charge is 0.371 e. The highest BCUT2D eigenvalue weighted by Crippen LogP contribution is 2.32. The molecule has 1 N–H and O–H groups in total. The lowest BCUT2D eigenvalue weighted by Gasteiger charge is -2.26. The molecule has 0 spiro atoms. The van der Waals surface area contributed by atoms with Gasteiger partial charge in [0.05, 0.1) is 0 Å². The molecule has 1 aromatic carbocycles. The lowest BCUT2D eigenvalue weighted by Crippen LogP contribution is -2.26. The van der Waals surface area contributed by atoms with Crippen molar-refractivity contribution >= 4 is 5.69 Å². The van der Waals surface area contributed by atoms with Crippen LogP contribution >= 0.6 is 0 Å². The smallest absolute Gasteiger partial charge is 0.0414 e. The number of rotatable bonds is 7. The fraction of sp³-hybridized carbons (Fsp3) is 0.667. The van der Waals surface area contributed by atoms with Gasteiger partial charge in [0.25, 0.3) is 0 Å². The molecular formula is C18H30N2. The Balaban J connectivity index is 2.15. The van der Waals surface area contributed by atoms with E-state index in [2.05, 4.69) is 55.3 Å². The first kappa shape index (κ1) is 15.4. The molecule has 2 heteroatoms. The maximum Gasteiger partial charge on any atom is 0.0414 e. The second-order valence-corrected chi connectivity index (χ2v) is 5.97. The molecule has 2 atom stereocenters. The maximum absolute atomic E-state index is 3.62. The summed E-state index contributed by atoms with van der Waals surface area (Å²) in [6.07, 6.45) is 5.20. The molecule has 1 aliphatic rings. The van der Waals surface area contributed by atoms with Gasteiger partial charge in [-0.1, -0.05) is 45.4 Å². The number of anilines is 1. The Hall–Kier alpha value is -1.02. The number of benzene rings is 1. The van der Waals surface area contributed by atoms with Crippen LogP contribution in [0.5, 0.6) is 0 Å². The van der Waals surface area contributed by atoms with Crippen LogP contribution in [0.25, 0.3) is 0 Å². The second kappa shape index (κ2) is 7.68. The Morgan fingerprint density at radius 1 is 1.25 bits per heavy atom. The molecule has 1 fully saturated rings. The topological polar surface area (TPSA) is 15.3 Å². The molecule has 1 aliphatic heterocycles. The van der Waals surface area contributed by atoms with E-state index in [0.29, 0.717) is 6.04 Å². The lowest BCUT2D eigenvalue weighted by atomic mass is 10.0. The zero-order valence-electron chi connectivity index (χ0n) is 13.4. The third-order valence-corrected chi connectivity index (χ3v) is 4.49. The van der Waals surface area contributed by atoms with E-state index in [0.717, 1.165) is 18.9 Å². The molecule has 0 amide bonds.